The summed E-state index contributed by atoms with van der Waals surface area (Å²) in [6.07, 6.45) is 0. The van der Waals surface area contributed by atoms with Gasteiger partial charge < -0.3 is 20.3 Å². The largest absolute Gasteiger partial charge is 0.496 e. The number of hydrogen-bond donors (Lipinski definition) is 3. The van der Waals surface area contributed by atoms with Crippen molar-refractivity contribution in [2.24, 2.45) is 0 Å². The van der Waals surface area contributed by atoms with E-state index >= 15 is 0 Å². The Morgan fingerprint density at radius 1 is 1.38 bits per heavy atom. The lowest BCUT2D eigenvalue weighted by molar-refractivity contribution is 0.170. The lowest BCUT2D eigenvalue weighted by Gasteiger charge is -2.15. The van der Waals surface area contributed by atoms with Gasteiger partial charge in [-0.05, 0) is 12.1 Å². The van der Waals surface area contributed by atoms with Crippen LogP contribution in [-0.2, 0) is 6.54 Å². The summed E-state index contributed by atoms with van der Waals surface area (Å²) in [4.78, 5) is 0. The van der Waals surface area contributed by atoms with Crippen molar-refractivity contribution in [3.63, 3.8) is 0 Å². The van der Waals surface area contributed by atoms with Crippen LogP contribution in [0.3, 0.4) is 0 Å². The molecule has 0 aliphatic carbocycles. The maximum Gasteiger partial charge on any atom is 0.124 e. The third-order valence-electron chi connectivity index (χ3n) is 2.27. The minimum Gasteiger partial charge on any atom is -0.496 e. The third kappa shape index (κ3) is 3.75. The zero-order valence-corrected chi connectivity index (χ0v) is 10.7. The molecule has 1 aromatic rings. The molecule has 1 rings (SSSR count). The first-order valence-electron chi connectivity index (χ1n) is 4.98. The molecule has 0 spiro atoms. The van der Waals surface area contributed by atoms with Crippen LogP contribution >= 0.6 is 15.9 Å². The summed E-state index contributed by atoms with van der Waals surface area (Å²) < 4.78 is 6.18. The summed E-state index contributed by atoms with van der Waals surface area (Å²) in [5.74, 6) is 0.775. The van der Waals surface area contributed by atoms with E-state index in [0.29, 0.717) is 6.54 Å². The first-order valence-corrected chi connectivity index (χ1v) is 5.78. The van der Waals surface area contributed by atoms with Crippen LogP contribution in [0.25, 0.3) is 0 Å². The molecule has 0 bridgehead atoms. The van der Waals surface area contributed by atoms with Gasteiger partial charge in [-0.15, -0.1) is 0 Å². The predicted octanol–water partition coefficient (Wildman–Crippen LogP) is 0.900. The van der Waals surface area contributed by atoms with Crippen LogP contribution < -0.4 is 10.1 Å². The van der Waals surface area contributed by atoms with Crippen LogP contribution in [0.15, 0.2) is 22.7 Å². The molecule has 3 N–H and O–H groups in total. The Balaban J connectivity index is 2.65. The zero-order chi connectivity index (χ0) is 12.0. The molecule has 4 nitrogen and oxygen atoms in total. The Bertz CT molecular complexity index is 329. The molecule has 0 aliphatic rings. The van der Waals surface area contributed by atoms with Gasteiger partial charge in [-0.25, -0.2) is 0 Å². The van der Waals surface area contributed by atoms with E-state index in [0.717, 1.165) is 15.8 Å². The van der Waals surface area contributed by atoms with Crippen molar-refractivity contribution < 1.29 is 14.9 Å². The molecule has 0 aliphatic heterocycles. The Morgan fingerprint density at radius 3 is 2.62 bits per heavy atom. The summed E-state index contributed by atoms with van der Waals surface area (Å²) in [6.45, 7) is 0.368. The van der Waals surface area contributed by atoms with Crippen LogP contribution in [0.2, 0.25) is 0 Å². The molecule has 1 aromatic carbocycles. The molecular weight excluding hydrogens is 274 g/mol. The maximum atomic E-state index is 8.91. The van der Waals surface area contributed by atoms with Crippen LogP contribution in [0.5, 0.6) is 5.75 Å². The van der Waals surface area contributed by atoms with Gasteiger partial charge in [0.2, 0.25) is 0 Å². The fraction of sp³-hybridized carbons (Fsp3) is 0.455. The van der Waals surface area contributed by atoms with E-state index in [9.17, 15) is 0 Å². The highest BCUT2D eigenvalue weighted by atomic mass is 79.9. The van der Waals surface area contributed by atoms with Gasteiger partial charge in [0.25, 0.3) is 0 Å². The van der Waals surface area contributed by atoms with Gasteiger partial charge in [0.15, 0.2) is 0 Å². The van der Waals surface area contributed by atoms with Gasteiger partial charge in [0.05, 0.1) is 26.4 Å². The van der Waals surface area contributed by atoms with E-state index < -0.39 is 0 Å². The van der Waals surface area contributed by atoms with Gasteiger partial charge >= 0.3 is 0 Å². The highest BCUT2D eigenvalue weighted by Crippen LogP contribution is 2.23. The summed E-state index contributed by atoms with van der Waals surface area (Å²) in [5.41, 5.74) is 0.984. The Kier molecular flexibility index (Phi) is 5.76. The van der Waals surface area contributed by atoms with Crippen LogP contribution in [0, 0.1) is 0 Å². The summed E-state index contributed by atoms with van der Waals surface area (Å²) in [7, 11) is 1.61. The van der Waals surface area contributed by atoms with Crippen molar-refractivity contribution in [3.05, 3.63) is 28.2 Å². The van der Waals surface area contributed by atoms with Crippen molar-refractivity contribution in [2.45, 2.75) is 12.6 Å². The van der Waals surface area contributed by atoms with Crippen molar-refractivity contribution in [3.8, 4) is 5.75 Å². The van der Waals surface area contributed by atoms with Crippen molar-refractivity contribution in [1.29, 1.82) is 0 Å². The first kappa shape index (κ1) is 13.4. The standard InChI is InChI=1S/C11H16BrNO3/c1-16-11-4-9(12)3-2-8(11)5-13-10(6-14)7-15/h2-4,10,13-15H,5-7H2,1H3. The third-order valence-corrected chi connectivity index (χ3v) is 2.76. The molecule has 0 saturated heterocycles. The lowest BCUT2D eigenvalue weighted by atomic mass is 10.2. The van der Waals surface area contributed by atoms with E-state index in [2.05, 4.69) is 21.2 Å². The van der Waals surface area contributed by atoms with Gasteiger partial charge in [-0.2, -0.15) is 0 Å². The second-order valence-corrected chi connectivity index (χ2v) is 4.31. The highest BCUT2D eigenvalue weighted by Gasteiger charge is 2.07. The van der Waals surface area contributed by atoms with Crippen molar-refractivity contribution in [2.75, 3.05) is 20.3 Å². The summed E-state index contributed by atoms with van der Waals surface area (Å²) >= 11 is 3.36. The molecule has 0 saturated carbocycles. The molecule has 0 unspecified atom stereocenters. The number of halogens is 1. The fourth-order valence-electron chi connectivity index (χ4n) is 1.31. The minimum absolute atomic E-state index is 0.0880. The molecule has 0 amide bonds. The number of nitrogens with one attached hydrogen (secondary N) is 1. The topological polar surface area (TPSA) is 61.7 Å². The van der Waals surface area contributed by atoms with E-state index in [1.54, 1.807) is 7.11 Å². The molecule has 0 heterocycles. The van der Waals surface area contributed by atoms with Crippen LogP contribution in [-0.4, -0.2) is 36.6 Å². The van der Waals surface area contributed by atoms with Gasteiger partial charge in [0.1, 0.15) is 5.75 Å². The molecular formula is C11H16BrNO3. The number of hydrogen-bond acceptors (Lipinski definition) is 4. The second-order valence-electron chi connectivity index (χ2n) is 3.40. The molecule has 5 heteroatoms. The summed E-state index contributed by atoms with van der Waals surface area (Å²) in [5, 5.41) is 20.9. The zero-order valence-electron chi connectivity index (χ0n) is 9.11. The van der Waals surface area contributed by atoms with E-state index in [4.69, 9.17) is 14.9 Å². The number of benzene rings is 1. The van der Waals surface area contributed by atoms with Crippen LogP contribution in [0.1, 0.15) is 5.56 Å². The number of aliphatic hydroxyl groups is 2. The highest BCUT2D eigenvalue weighted by molar-refractivity contribution is 9.10. The van der Waals surface area contributed by atoms with Gasteiger partial charge in [0, 0.05) is 16.6 Å². The predicted molar refractivity (Wildman–Crippen MR) is 65.5 cm³/mol. The second kappa shape index (κ2) is 6.85. The van der Waals surface area contributed by atoms with Crippen molar-refractivity contribution >= 4 is 15.9 Å². The maximum absolute atomic E-state index is 8.91. The molecule has 90 valence electrons. The monoisotopic (exact) mass is 289 g/mol. The Hall–Kier alpha value is -0.620. The van der Waals surface area contributed by atoms with Gasteiger partial charge in [-0.1, -0.05) is 22.0 Å². The fourth-order valence-corrected chi connectivity index (χ4v) is 1.65. The van der Waals surface area contributed by atoms with Crippen LogP contribution in [0.4, 0.5) is 0 Å². The number of aliphatic hydroxyl groups excluding tert-OH is 2. The molecule has 0 aromatic heterocycles. The number of rotatable bonds is 6. The Morgan fingerprint density at radius 2 is 2.06 bits per heavy atom. The Labute approximate surface area is 103 Å². The van der Waals surface area contributed by atoms with Gasteiger partial charge in [-0.3, -0.25) is 0 Å². The SMILES string of the molecule is COc1cc(Br)ccc1CNC(CO)CO. The minimum atomic E-state index is -0.298. The quantitative estimate of drug-likeness (QED) is 0.728. The number of ether oxygens (including phenoxy) is 1. The van der Waals surface area contributed by atoms with Crippen molar-refractivity contribution in [1.82, 2.24) is 5.32 Å². The van der Waals surface area contributed by atoms with E-state index in [1.165, 1.54) is 0 Å². The average Bonchev–Trinajstić information content (AvgIpc) is 2.31. The smallest absolute Gasteiger partial charge is 0.124 e. The first-order chi connectivity index (χ1) is 7.71. The number of methoxy groups -OCH3 is 1. The average molecular weight is 290 g/mol. The molecule has 16 heavy (non-hydrogen) atoms. The normalized spacial score (nSPS) is 10.8. The molecule has 0 radical (unpaired) electrons. The lowest BCUT2D eigenvalue weighted by Crippen LogP contribution is -2.35. The van der Waals surface area contributed by atoms with E-state index in [1.807, 2.05) is 18.2 Å². The van der Waals surface area contributed by atoms with E-state index in [-0.39, 0.29) is 19.3 Å². The molecule has 0 atom stereocenters. The molecule has 0 fully saturated rings. The summed E-state index contributed by atoms with van der Waals surface area (Å²) in [6, 6.07) is 5.44.